The summed E-state index contributed by atoms with van der Waals surface area (Å²) in [6.07, 6.45) is 10.4. The van der Waals surface area contributed by atoms with Crippen LogP contribution in [-0.2, 0) is 19.3 Å². The maximum absolute atomic E-state index is 12.8. The van der Waals surface area contributed by atoms with Gasteiger partial charge in [-0.15, -0.1) is 11.3 Å². The molecule has 28 heavy (non-hydrogen) atoms. The van der Waals surface area contributed by atoms with E-state index in [0.717, 1.165) is 45.4 Å². The van der Waals surface area contributed by atoms with Crippen molar-refractivity contribution in [2.45, 2.75) is 32.1 Å². The Bertz CT molecular complexity index is 1170. The maximum Gasteiger partial charge on any atom is 0.168 e. The lowest BCUT2D eigenvalue weighted by atomic mass is 9.89. The van der Waals surface area contributed by atoms with E-state index in [4.69, 9.17) is 0 Å². The van der Waals surface area contributed by atoms with Crippen molar-refractivity contribution < 1.29 is 4.79 Å². The van der Waals surface area contributed by atoms with E-state index < -0.39 is 0 Å². The van der Waals surface area contributed by atoms with Crippen LogP contribution in [-0.4, -0.2) is 20.7 Å². The molecule has 0 unspecified atom stereocenters. The number of nitrogens with zero attached hydrogens (tertiary/aromatic N) is 3. The third-order valence-corrected chi connectivity index (χ3v) is 6.18. The SMILES string of the molecule is O=C(Cc1cc2cc(-c3cncs3)cnc2cn1)c1ccc2c(c1)CCCC2. The third kappa shape index (κ3) is 3.34. The first-order valence-electron chi connectivity index (χ1n) is 9.55. The van der Waals surface area contributed by atoms with Crippen molar-refractivity contribution in [3.05, 3.63) is 76.8 Å². The molecule has 0 radical (unpaired) electrons. The van der Waals surface area contributed by atoms with Crippen LogP contribution in [0.15, 0.2) is 54.4 Å². The number of pyridine rings is 2. The van der Waals surface area contributed by atoms with Gasteiger partial charge in [0, 0.05) is 34.6 Å². The molecule has 0 N–H and O–H groups in total. The normalized spacial score (nSPS) is 13.4. The molecule has 3 aromatic heterocycles. The van der Waals surface area contributed by atoms with E-state index in [1.165, 1.54) is 24.0 Å². The Morgan fingerprint density at radius 2 is 1.86 bits per heavy atom. The summed E-state index contributed by atoms with van der Waals surface area (Å²) in [6.45, 7) is 0. The molecule has 4 aromatic rings. The Morgan fingerprint density at radius 1 is 0.964 bits per heavy atom. The number of carbonyl (C=O) groups excluding carboxylic acids is 1. The second-order valence-electron chi connectivity index (χ2n) is 7.25. The Kier molecular flexibility index (Phi) is 4.45. The zero-order chi connectivity index (χ0) is 18.9. The molecule has 0 fully saturated rings. The number of benzene rings is 1. The topological polar surface area (TPSA) is 55.7 Å². The summed E-state index contributed by atoms with van der Waals surface area (Å²) in [7, 11) is 0. The number of rotatable bonds is 4. The number of aromatic nitrogens is 3. The molecular formula is C23H19N3OS. The smallest absolute Gasteiger partial charge is 0.168 e. The summed E-state index contributed by atoms with van der Waals surface area (Å²) in [5.74, 6) is 0.117. The zero-order valence-electron chi connectivity index (χ0n) is 15.4. The number of carbonyl (C=O) groups is 1. The molecule has 4 nitrogen and oxygen atoms in total. The van der Waals surface area contributed by atoms with Gasteiger partial charge in [-0.3, -0.25) is 19.7 Å². The molecule has 5 rings (SSSR count). The first-order valence-corrected chi connectivity index (χ1v) is 10.4. The highest BCUT2D eigenvalue weighted by Crippen LogP contribution is 2.26. The van der Waals surface area contributed by atoms with Crippen LogP contribution >= 0.6 is 11.3 Å². The molecule has 138 valence electrons. The van der Waals surface area contributed by atoms with Gasteiger partial charge in [-0.25, -0.2) is 0 Å². The average Bonchev–Trinajstić information content (AvgIpc) is 3.28. The minimum atomic E-state index is 0.117. The summed E-state index contributed by atoms with van der Waals surface area (Å²) in [6, 6.07) is 10.2. The Labute approximate surface area is 167 Å². The van der Waals surface area contributed by atoms with Gasteiger partial charge in [-0.05, 0) is 55.0 Å². The molecule has 1 aliphatic rings. The van der Waals surface area contributed by atoms with Gasteiger partial charge in [0.25, 0.3) is 0 Å². The molecular weight excluding hydrogens is 366 g/mol. The highest BCUT2D eigenvalue weighted by Gasteiger charge is 2.14. The van der Waals surface area contributed by atoms with Gasteiger partial charge in [0.1, 0.15) is 0 Å². The summed E-state index contributed by atoms with van der Waals surface area (Å²) >= 11 is 1.59. The molecule has 0 amide bonds. The third-order valence-electron chi connectivity index (χ3n) is 5.35. The van der Waals surface area contributed by atoms with Gasteiger partial charge in [0.2, 0.25) is 0 Å². The second-order valence-corrected chi connectivity index (χ2v) is 8.13. The van der Waals surface area contributed by atoms with Crippen LogP contribution in [0, 0.1) is 0 Å². The number of fused-ring (bicyclic) bond motifs is 2. The minimum absolute atomic E-state index is 0.117. The average molecular weight is 385 g/mol. The molecule has 0 bridgehead atoms. The van der Waals surface area contributed by atoms with Crippen LogP contribution in [0.2, 0.25) is 0 Å². The largest absolute Gasteiger partial charge is 0.294 e. The van der Waals surface area contributed by atoms with Gasteiger partial charge >= 0.3 is 0 Å². The molecule has 1 aromatic carbocycles. The number of hydrogen-bond acceptors (Lipinski definition) is 5. The predicted molar refractivity (Wildman–Crippen MR) is 112 cm³/mol. The van der Waals surface area contributed by atoms with E-state index in [1.54, 1.807) is 17.5 Å². The van der Waals surface area contributed by atoms with Crippen LogP contribution in [0.4, 0.5) is 0 Å². The summed E-state index contributed by atoms with van der Waals surface area (Å²) in [4.78, 5) is 27.0. The van der Waals surface area contributed by atoms with E-state index in [2.05, 4.69) is 33.2 Å². The number of aryl methyl sites for hydroxylation is 2. The number of Topliss-reactive ketones (excluding diaryl/α,β-unsaturated/α-hetero) is 1. The molecule has 5 heteroatoms. The Balaban J connectivity index is 1.42. The van der Waals surface area contributed by atoms with Crippen LogP contribution in [0.3, 0.4) is 0 Å². The second kappa shape index (κ2) is 7.24. The van der Waals surface area contributed by atoms with E-state index in [1.807, 2.05) is 30.0 Å². The number of thiazole rings is 1. The van der Waals surface area contributed by atoms with E-state index in [-0.39, 0.29) is 5.78 Å². The van der Waals surface area contributed by atoms with Crippen LogP contribution in [0.1, 0.15) is 40.0 Å². The molecule has 0 spiro atoms. The van der Waals surface area contributed by atoms with Gasteiger partial charge in [-0.1, -0.05) is 12.1 Å². The molecule has 0 atom stereocenters. The summed E-state index contributed by atoms with van der Waals surface area (Å²) in [5, 5.41) is 0.995. The number of ketones is 1. The molecule has 0 aliphatic heterocycles. The fraction of sp³-hybridized carbons (Fsp3) is 0.217. The van der Waals surface area contributed by atoms with Gasteiger partial charge in [0.05, 0.1) is 28.5 Å². The molecule has 3 heterocycles. The maximum atomic E-state index is 12.8. The Hall–Kier alpha value is -2.92. The first kappa shape index (κ1) is 17.2. The van der Waals surface area contributed by atoms with Crippen LogP contribution in [0.25, 0.3) is 21.3 Å². The highest BCUT2D eigenvalue weighted by atomic mass is 32.1. The van der Waals surface area contributed by atoms with Crippen molar-refractivity contribution in [1.29, 1.82) is 0 Å². The fourth-order valence-electron chi connectivity index (χ4n) is 3.84. The van der Waals surface area contributed by atoms with E-state index >= 15 is 0 Å². The Morgan fingerprint density at radius 3 is 2.71 bits per heavy atom. The van der Waals surface area contributed by atoms with Crippen molar-refractivity contribution in [2.75, 3.05) is 0 Å². The fourth-order valence-corrected chi connectivity index (χ4v) is 4.44. The van der Waals surface area contributed by atoms with Crippen molar-refractivity contribution in [2.24, 2.45) is 0 Å². The molecule has 0 saturated carbocycles. The van der Waals surface area contributed by atoms with Gasteiger partial charge < -0.3 is 0 Å². The molecule has 1 aliphatic carbocycles. The van der Waals surface area contributed by atoms with Crippen molar-refractivity contribution in [3.8, 4) is 10.4 Å². The predicted octanol–water partition coefficient (Wildman–Crippen LogP) is 5.06. The quantitative estimate of drug-likeness (QED) is 0.461. The van der Waals surface area contributed by atoms with Gasteiger partial charge in [-0.2, -0.15) is 0 Å². The lowest BCUT2D eigenvalue weighted by Crippen LogP contribution is -2.09. The lowest BCUT2D eigenvalue weighted by Gasteiger charge is -2.16. The molecule has 0 saturated heterocycles. The van der Waals surface area contributed by atoms with Crippen molar-refractivity contribution >= 4 is 28.0 Å². The van der Waals surface area contributed by atoms with E-state index in [0.29, 0.717) is 6.42 Å². The summed E-state index contributed by atoms with van der Waals surface area (Å²) < 4.78 is 0. The highest BCUT2D eigenvalue weighted by molar-refractivity contribution is 7.13. The van der Waals surface area contributed by atoms with Crippen molar-refractivity contribution in [3.63, 3.8) is 0 Å². The monoisotopic (exact) mass is 385 g/mol. The van der Waals surface area contributed by atoms with Crippen LogP contribution < -0.4 is 0 Å². The first-order chi connectivity index (χ1) is 13.8. The van der Waals surface area contributed by atoms with Crippen LogP contribution in [0.5, 0.6) is 0 Å². The lowest BCUT2D eigenvalue weighted by molar-refractivity contribution is 0.0992. The number of hydrogen-bond donors (Lipinski definition) is 0. The standard InChI is InChI=1S/C23H19N3OS/c27-22(17-6-5-15-3-1-2-4-16(15)7-17)10-20-9-18-8-19(23-13-24-14-28-23)11-26-21(18)12-25-20/h5-9,11-14H,1-4,10H2. The van der Waals surface area contributed by atoms with E-state index in [9.17, 15) is 4.79 Å². The minimum Gasteiger partial charge on any atom is -0.294 e. The van der Waals surface area contributed by atoms with Crippen molar-refractivity contribution in [1.82, 2.24) is 15.0 Å². The van der Waals surface area contributed by atoms with Gasteiger partial charge in [0.15, 0.2) is 5.78 Å². The zero-order valence-corrected chi connectivity index (χ0v) is 16.2. The summed E-state index contributed by atoms with van der Waals surface area (Å²) in [5.41, 5.74) is 7.98.